The van der Waals surface area contributed by atoms with Gasteiger partial charge in [-0.2, -0.15) is 0 Å². The van der Waals surface area contributed by atoms with Gasteiger partial charge in [0.05, 0.1) is 30.4 Å². The maximum absolute atomic E-state index is 14.2. The number of likely N-dealkylation sites (N-methyl/N-ethyl adjacent to an activating group) is 1. The molecule has 2 saturated heterocycles. The zero-order chi connectivity index (χ0) is 40.4. The van der Waals surface area contributed by atoms with Crippen molar-refractivity contribution in [2.45, 2.75) is 57.5 Å². The second kappa shape index (κ2) is 19.9. The molecule has 13 heteroatoms. The Morgan fingerprint density at radius 2 is 1.66 bits per heavy atom. The number of aryl methyl sites for hydroxylation is 1. The van der Waals surface area contributed by atoms with Crippen molar-refractivity contribution >= 4 is 40.0 Å². The van der Waals surface area contributed by atoms with Gasteiger partial charge < -0.3 is 30.1 Å². The number of aromatic carboxylic acids is 1. The van der Waals surface area contributed by atoms with E-state index in [9.17, 15) is 19.2 Å². The van der Waals surface area contributed by atoms with Crippen molar-refractivity contribution in [3.8, 4) is 0 Å². The van der Waals surface area contributed by atoms with Crippen LogP contribution >= 0.6 is 11.3 Å². The molecule has 0 saturated carbocycles. The number of thiophene rings is 1. The van der Waals surface area contributed by atoms with Gasteiger partial charge in [-0.15, -0.1) is 11.3 Å². The summed E-state index contributed by atoms with van der Waals surface area (Å²) in [5.74, 6) is -1.04. The predicted octanol–water partition coefficient (Wildman–Crippen LogP) is 5.90. The summed E-state index contributed by atoms with van der Waals surface area (Å²) in [6.45, 7) is 8.61. The highest BCUT2D eigenvalue weighted by Gasteiger charge is 2.31. The van der Waals surface area contributed by atoms with Gasteiger partial charge >= 0.3 is 5.97 Å². The monoisotopic (exact) mass is 809 g/mol. The van der Waals surface area contributed by atoms with Gasteiger partial charge in [0.15, 0.2) is 0 Å². The Morgan fingerprint density at radius 3 is 2.40 bits per heavy atom. The maximum Gasteiger partial charge on any atom is 0.335 e. The molecule has 308 valence electrons. The number of morpholine rings is 1. The molecule has 3 aliphatic heterocycles. The summed E-state index contributed by atoms with van der Waals surface area (Å²) in [5.41, 5.74) is 4.93. The van der Waals surface area contributed by atoms with Gasteiger partial charge in [0, 0.05) is 82.1 Å². The second-order valence-electron chi connectivity index (χ2n) is 15.8. The number of carboxylic acid groups (broad SMARTS) is 1. The number of anilines is 1. The molecule has 4 aliphatic rings. The first kappa shape index (κ1) is 41.5. The van der Waals surface area contributed by atoms with Gasteiger partial charge in [-0.1, -0.05) is 42.0 Å². The van der Waals surface area contributed by atoms with Crippen molar-refractivity contribution in [1.82, 2.24) is 20.0 Å². The van der Waals surface area contributed by atoms with Crippen molar-refractivity contribution in [1.29, 1.82) is 0 Å². The van der Waals surface area contributed by atoms with E-state index in [2.05, 4.69) is 32.6 Å². The quantitative estimate of drug-likeness (QED) is 0.171. The van der Waals surface area contributed by atoms with Crippen LogP contribution in [0.3, 0.4) is 0 Å². The van der Waals surface area contributed by atoms with Crippen molar-refractivity contribution < 1.29 is 33.8 Å². The smallest absolute Gasteiger partial charge is 0.335 e. The molecule has 0 radical (unpaired) electrons. The number of benzene rings is 2. The summed E-state index contributed by atoms with van der Waals surface area (Å²) in [6, 6.07) is 13.7. The Balaban J connectivity index is 1.00. The third kappa shape index (κ3) is 10.9. The maximum atomic E-state index is 14.2. The van der Waals surface area contributed by atoms with E-state index in [-0.39, 0.29) is 29.3 Å². The van der Waals surface area contributed by atoms with Crippen molar-refractivity contribution in [3.05, 3.63) is 111 Å². The molecule has 0 spiro atoms. The number of hydrogen-bond acceptors (Lipinski definition) is 9. The molecule has 1 atom stereocenters. The van der Waals surface area contributed by atoms with Crippen LogP contribution in [-0.2, 0) is 28.9 Å². The van der Waals surface area contributed by atoms with Crippen LogP contribution in [0.4, 0.5) is 5.00 Å². The van der Waals surface area contributed by atoms with Gasteiger partial charge in [0.25, 0.3) is 17.7 Å². The van der Waals surface area contributed by atoms with Crippen LogP contribution in [0.15, 0.2) is 72.3 Å². The third-order valence-corrected chi connectivity index (χ3v) is 12.8. The molecular weight excluding hydrogens is 755 g/mol. The second-order valence-corrected chi connectivity index (χ2v) is 16.9. The summed E-state index contributed by atoms with van der Waals surface area (Å²) in [5, 5.41) is 16.0. The standard InChI is InChI=1S/C45H55N5O7S/c1-48(20-21-49-22-26-57-27-23-49)44(53)36-7-3-6-35(28-36)41(51)47-43-40(38-16-19-50(30-39(38)58-43)29-33-17-24-56-25-18-33)42(52)46-37-14-10-32(11-15-37)5-2-4-31-8-12-34(13-9-31)45(54)55/h3,6-14,28,33,37H,2,4-5,15-27,29-30H2,1H3,(H,46,52)(H,47,51)(H,54,55). The summed E-state index contributed by atoms with van der Waals surface area (Å²) >= 11 is 1.48. The molecule has 0 bridgehead atoms. The van der Waals surface area contributed by atoms with Gasteiger partial charge in [0.2, 0.25) is 0 Å². The average Bonchev–Trinajstić information content (AvgIpc) is 3.61. The SMILES string of the molecule is CN(CCN1CCOCC1)C(=O)c1cccc(C(=O)Nc2sc3c(c2C(=O)NC2C=CC(CCCc4ccc(C(=O)O)cc4)=CC2)CCN(CC2CCOCC2)C3)c1. The van der Waals surface area contributed by atoms with Crippen molar-refractivity contribution in [2.75, 3.05) is 78.1 Å². The molecule has 1 unspecified atom stereocenters. The van der Waals surface area contributed by atoms with E-state index in [0.717, 1.165) is 107 Å². The number of hydrogen-bond donors (Lipinski definition) is 3. The lowest BCUT2D eigenvalue weighted by Crippen LogP contribution is -2.41. The fraction of sp³-hybridized carbons (Fsp3) is 0.467. The predicted molar refractivity (Wildman–Crippen MR) is 225 cm³/mol. The number of carbonyl (C=O) groups excluding carboxylic acids is 3. The van der Waals surface area contributed by atoms with Crippen LogP contribution in [0.1, 0.15) is 89.5 Å². The Kier molecular flexibility index (Phi) is 14.2. The molecule has 58 heavy (non-hydrogen) atoms. The Morgan fingerprint density at radius 1 is 0.897 bits per heavy atom. The molecule has 3 N–H and O–H groups in total. The van der Waals surface area contributed by atoms with E-state index >= 15 is 0 Å². The van der Waals surface area contributed by atoms with Crippen molar-refractivity contribution in [2.24, 2.45) is 5.92 Å². The highest BCUT2D eigenvalue weighted by molar-refractivity contribution is 7.17. The minimum atomic E-state index is -0.923. The zero-order valence-electron chi connectivity index (χ0n) is 33.4. The van der Waals surface area contributed by atoms with Gasteiger partial charge in [-0.05, 0) is 92.3 Å². The Hall–Kier alpha value is -4.66. The number of carbonyl (C=O) groups is 4. The van der Waals surface area contributed by atoms with E-state index in [1.165, 1.54) is 16.9 Å². The van der Waals surface area contributed by atoms with Gasteiger partial charge in [0.1, 0.15) is 5.00 Å². The Labute approximate surface area is 344 Å². The number of carboxylic acids is 1. The fourth-order valence-corrected chi connectivity index (χ4v) is 9.43. The summed E-state index contributed by atoms with van der Waals surface area (Å²) in [4.78, 5) is 60.2. The molecule has 4 heterocycles. The molecule has 7 rings (SSSR count). The largest absolute Gasteiger partial charge is 0.478 e. The first-order chi connectivity index (χ1) is 28.2. The molecule has 1 aromatic heterocycles. The molecule has 2 aromatic carbocycles. The number of nitrogens with one attached hydrogen (secondary N) is 2. The number of rotatable bonds is 15. The third-order valence-electron chi connectivity index (χ3n) is 11.6. The normalized spacial score (nSPS) is 18.9. The van der Waals surface area contributed by atoms with Crippen LogP contribution in [0, 0.1) is 5.92 Å². The lowest BCUT2D eigenvalue weighted by Gasteiger charge is -2.32. The summed E-state index contributed by atoms with van der Waals surface area (Å²) < 4.78 is 11.0. The Bertz CT molecular complexity index is 2000. The molecular formula is C45H55N5O7S. The fourth-order valence-electron chi connectivity index (χ4n) is 8.15. The molecule has 1 aliphatic carbocycles. The van der Waals surface area contributed by atoms with E-state index in [4.69, 9.17) is 14.6 Å². The van der Waals surface area contributed by atoms with Crippen LogP contribution in [0.25, 0.3) is 0 Å². The van der Waals surface area contributed by atoms with Crippen molar-refractivity contribution in [3.63, 3.8) is 0 Å². The number of nitrogens with zero attached hydrogens (tertiary/aromatic N) is 3. The first-order valence-corrected chi connectivity index (χ1v) is 21.4. The van der Waals surface area contributed by atoms with Crippen LogP contribution < -0.4 is 10.6 Å². The van der Waals surface area contributed by atoms with Crippen LogP contribution in [0.5, 0.6) is 0 Å². The number of allylic oxidation sites excluding steroid dienone is 2. The number of amides is 3. The van der Waals surface area contributed by atoms with Crippen LogP contribution in [-0.4, -0.2) is 122 Å². The molecule has 12 nitrogen and oxygen atoms in total. The molecule has 2 fully saturated rings. The summed E-state index contributed by atoms with van der Waals surface area (Å²) in [6.07, 6.45) is 12.5. The highest BCUT2D eigenvalue weighted by Crippen LogP contribution is 2.38. The van der Waals surface area contributed by atoms with Gasteiger partial charge in [-0.25, -0.2) is 4.79 Å². The lowest BCUT2D eigenvalue weighted by molar-refractivity contribution is 0.0338. The molecule has 3 aromatic rings. The minimum Gasteiger partial charge on any atom is -0.478 e. The lowest BCUT2D eigenvalue weighted by atomic mass is 9.96. The van der Waals surface area contributed by atoms with E-state index in [1.807, 2.05) is 18.2 Å². The molecule has 3 amide bonds. The average molecular weight is 810 g/mol. The number of ether oxygens (including phenoxy) is 2. The van der Waals surface area contributed by atoms with E-state index in [1.54, 1.807) is 48.3 Å². The van der Waals surface area contributed by atoms with E-state index < -0.39 is 5.97 Å². The van der Waals surface area contributed by atoms with E-state index in [0.29, 0.717) is 53.8 Å². The minimum absolute atomic E-state index is 0.149. The number of fused-ring (bicyclic) bond motifs is 1. The highest BCUT2D eigenvalue weighted by atomic mass is 32.1. The van der Waals surface area contributed by atoms with Gasteiger partial charge in [-0.3, -0.25) is 24.2 Å². The zero-order valence-corrected chi connectivity index (χ0v) is 34.2. The summed E-state index contributed by atoms with van der Waals surface area (Å²) in [7, 11) is 1.78. The first-order valence-electron chi connectivity index (χ1n) is 20.6. The topological polar surface area (TPSA) is 141 Å². The van der Waals surface area contributed by atoms with Crippen LogP contribution in [0.2, 0.25) is 0 Å².